The number of rotatable bonds is 11. The average Bonchev–Trinajstić information content (AvgIpc) is 3.58. The van der Waals surface area contributed by atoms with Gasteiger partial charge in [0.05, 0.1) is 25.3 Å². The highest BCUT2D eigenvalue weighted by Gasteiger charge is 2.45. The Morgan fingerprint density at radius 3 is 2.49 bits per heavy atom. The molecule has 0 bridgehead atoms. The van der Waals surface area contributed by atoms with E-state index in [1.54, 1.807) is 24.3 Å². The van der Waals surface area contributed by atoms with E-state index in [-0.39, 0.29) is 10.7 Å². The molecule has 1 unspecified atom stereocenters. The highest BCUT2D eigenvalue weighted by Crippen LogP contribution is 2.45. The van der Waals surface area contributed by atoms with Crippen LogP contribution in [0.5, 0.6) is 11.5 Å². The van der Waals surface area contributed by atoms with E-state index in [4.69, 9.17) is 9.47 Å². The van der Waals surface area contributed by atoms with Gasteiger partial charge in [0, 0.05) is 5.75 Å². The smallest absolute Gasteiger partial charge is 0.296 e. The molecule has 0 aliphatic carbocycles. The van der Waals surface area contributed by atoms with Gasteiger partial charge in [-0.1, -0.05) is 95.9 Å². The maximum Gasteiger partial charge on any atom is 0.296 e. The molecule has 1 aromatic heterocycles. The van der Waals surface area contributed by atoms with Crippen LogP contribution in [0.1, 0.15) is 29.7 Å². The summed E-state index contributed by atoms with van der Waals surface area (Å²) in [5.41, 5.74) is 2.43. The second-order valence-electron chi connectivity index (χ2n) is 8.92. The van der Waals surface area contributed by atoms with Crippen molar-refractivity contribution < 1.29 is 24.2 Å². The Kier molecular flexibility index (Phi) is 8.81. The summed E-state index contributed by atoms with van der Waals surface area (Å²) in [6.07, 6.45) is 3.01. The van der Waals surface area contributed by atoms with Gasteiger partial charge in [-0.2, -0.15) is 0 Å². The van der Waals surface area contributed by atoms with Gasteiger partial charge in [0.2, 0.25) is 5.13 Å². The predicted octanol–water partition coefficient (Wildman–Crippen LogP) is 6.42. The van der Waals surface area contributed by atoms with Gasteiger partial charge >= 0.3 is 0 Å². The van der Waals surface area contributed by atoms with Crippen LogP contribution in [-0.2, 0) is 15.3 Å². The molecule has 4 aromatic rings. The maximum absolute atomic E-state index is 13.5. The highest BCUT2D eigenvalue weighted by molar-refractivity contribution is 8.00. The number of methoxy groups -OCH3 is 1. The normalized spacial score (nSPS) is 15.1. The SMILES string of the molecule is CCOc1ccc(C2C(C(=O)/C=C/c3ccccc3)=C(O)C(=O)N2c2nnc(SCc3ccccc3)s2)cc1OC. The molecule has 0 spiro atoms. The van der Waals surface area contributed by atoms with E-state index in [9.17, 15) is 14.7 Å². The van der Waals surface area contributed by atoms with Crippen molar-refractivity contribution >= 4 is 46.0 Å². The molecule has 1 N–H and O–H groups in total. The summed E-state index contributed by atoms with van der Waals surface area (Å²) in [5.74, 6) is -0.209. The van der Waals surface area contributed by atoms with Crippen LogP contribution in [0.2, 0.25) is 0 Å². The van der Waals surface area contributed by atoms with Crippen molar-refractivity contribution in [1.82, 2.24) is 10.2 Å². The summed E-state index contributed by atoms with van der Waals surface area (Å²) in [5, 5.41) is 19.9. The molecule has 0 saturated carbocycles. The van der Waals surface area contributed by atoms with Crippen molar-refractivity contribution in [3.05, 3.63) is 113 Å². The number of aliphatic hydroxyl groups excluding tert-OH is 1. The number of ketones is 1. The second kappa shape index (κ2) is 12.8. The number of benzene rings is 3. The summed E-state index contributed by atoms with van der Waals surface area (Å²) >= 11 is 2.72. The molecule has 1 atom stereocenters. The minimum absolute atomic E-state index is 0.0536. The number of carbonyl (C=O) groups excluding carboxylic acids is 2. The Labute approximate surface area is 246 Å². The number of amides is 1. The second-order valence-corrected chi connectivity index (χ2v) is 11.1. The van der Waals surface area contributed by atoms with Crippen LogP contribution in [0.3, 0.4) is 0 Å². The fraction of sp³-hybridized carbons (Fsp3) is 0.161. The molecule has 41 heavy (non-hydrogen) atoms. The van der Waals surface area contributed by atoms with Gasteiger partial charge in [-0.15, -0.1) is 10.2 Å². The molecule has 3 aromatic carbocycles. The lowest BCUT2D eigenvalue weighted by molar-refractivity contribution is -0.117. The summed E-state index contributed by atoms with van der Waals surface area (Å²) in [7, 11) is 1.52. The largest absolute Gasteiger partial charge is 0.503 e. The average molecular weight is 586 g/mol. The van der Waals surface area contributed by atoms with Crippen LogP contribution in [0, 0.1) is 0 Å². The molecule has 208 valence electrons. The van der Waals surface area contributed by atoms with Crippen LogP contribution < -0.4 is 14.4 Å². The minimum atomic E-state index is -0.958. The molecule has 10 heteroatoms. The van der Waals surface area contributed by atoms with Crippen molar-refractivity contribution in [3.63, 3.8) is 0 Å². The Balaban J connectivity index is 1.51. The number of aromatic nitrogens is 2. The van der Waals surface area contributed by atoms with E-state index in [1.807, 2.05) is 67.6 Å². The Hall–Kier alpha value is -4.41. The first-order valence-electron chi connectivity index (χ1n) is 12.8. The molecule has 2 heterocycles. The van der Waals surface area contributed by atoms with Gasteiger partial charge in [-0.05, 0) is 41.8 Å². The summed E-state index contributed by atoms with van der Waals surface area (Å²) in [6.45, 7) is 2.30. The number of hydrogen-bond donors (Lipinski definition) is 1. The van der Waals surface area contributed by atoms with Crippen LogP contribution in [-0.4, -0.2) is 40.7 Å². The van der Waals surface area contributed by atoms with E-state index in [2.05, 4.69) is 10.2 Å². The van der Waals surface area contributed by atoms with E-state index in [0.29, 0.717) is 33.8 Å². The van der Waals surface area contributed by atoms with Crippen LogP contribution in [0.15, 0.2) is 101 Å². The van der Waals surface area contributed by atoms with E-state index >= 15 is 0 Å². The molecular weight excluding hydrogens is 558 g/mol. The van der Waals surface area contributed by atoms with Gasteiger partial charge in [0.15, 0.2) is 27.4 Å². The number of allylic oxidation sites excluding steroid dienone is 1. The molecule has 0 saturated heterocycles. The first-order valence-corrected chi connectivity index (χ1v) is 14.7. The fourth-order valence-electron chi connectivity index (χ4n) is 4.40. The highest BCUT2D eigenvalue weighted by atomic mass is 32.2. The zero-order chi connectivity index (χ0) is 28.8. The third-order valence-corrected chi connectivity index (χ3v) is 8.44. The topological polar surface area (TPSA) is 102 Å². The number of nitrogens with zero attached hydrogens (tertiary/aromatic N) is 3. The molecule has 1 aliphatic rings. The number of anilines is 1. The zero-order valence-electron chi connectivity index (χ0n) is 22.4. The lowest BCUT2D eigenvalue weighted by Crippen LogP contribution is -2.30. The minimum Gasteiger partial charge on any atom is -0.503 e. The summed E-state index contributed by atoms with van der Waals surface area (Å²) in [4.78, 5) is 28.4. The molecule has 8 nitrogen and oxygen atoms in total. The molecule has 5 rings (SSSR count). The molecule has 1 amide bonds. The number of hydrogen-bond acceptors (Lipinski definition) is 9. The monoisotopic (exact) mass is 585 g/mol. The van der Waals surface area contributed by atoms with E-state index in [1.165, 1.54) is 41.2 Å². The third-order valence-electron chi connectivity index (χ3n) is 6.31. The molecule has 0 radical (unpaired) electrons. The first-order chi connectivity index (χ1) is 20.0. The number of aliphatic hydroxyl groups is 1. The molecular formula is C31H27N3O5S2. The van der Waals surface area contributed by atoms with Gasteiger partial charge in [0.1, 0.15) is 0 Å². The first kappa shape index (κ1) is 28.1. The number of thioether (sulfide) groups is 1. The molecule has 1 aliphatic heterocycles. The number of ether oxygens (including phenoxy) is 2. The van der Waals surface area contributed by atoms with Crippen LogP contribution in [0.25, 0.3) is 6.08 Å². The van der Waals surface area contributed by atoms with E-state index in [0.717, 1.165) is 11.1 Å². The van der Waals surface area contributed by atoms with Gasteiger partial charge < -0.3 is 14.6 Å². The van der Waals surface area contributed by atoms with Crippen molar-refractivity contribution in [2.45, 2.75) is 23.1 Å². The maximum atomic E-state index is 13.5. The molecule has 0 fully saturated rings. The van der Waals surface area contributed by atoms with Crippen molar-refractivity contribution in [1.29, 1.82) is 0 Å². The van der Waals surface area contributed by atoms with Crippen molar-refractivity contribution in [2.24, 2.45) is 0 Å². The zero-order valence-corrected chi connectivity index (χ0v) is 24.0. The number of carbonyl (C=O) groups is 2. The lowest BCUT2D eigenvalue weighted by Gasteiger charge is -2.24. The van der Waals surface area contributed by atoms with Crippen molar-refractivity contribution in [2.75, 3.05) is 18.6 Å². The Morgan fingerprint density at radius 1 is 1.05 bits per heavy atom. The third kappa shape index (κ3) is 6.18. The van der Waals surface area contributed by atoms with Crippen LogP contribution in [0.4, 0.5) is 5.13 Å². The van der Waals surface area contributed by atoms with Gasteiger partial charge in [0.25, 0.3) is 5.91 Å². The standard InChI is InChI=1S/C31H27N3O5S2/c1-3-39-24-17-15-22(18-25(24)38-2)27-26(23(35)16-14-20-10-6-4-7-11-20)28(36)29(37)34(27)30-32-33-31(41-30)40-19-21-12-8-5-9-13-21/h4-18,27,36H,3,19H2,1-2H3/b16-14+. The Morgan fingerprint density at radius 2 is 1.78 bits per heavy atom. The predicted molar refractivity (Wildman–Crippen MR) is 160 cm³/mol. The van der Waals surface area contributed by atoms with Crippen molar-refractivity contribution in [3.8, 4) is 11.5 Å². The quantitative estimate of drug-likeness (QED) is 0.122. The van der Waals surface area contributed by atoms with Crippen LogP contribution >= 0.6 is 23.1 Å². The van der Waals surface area contributed by atoms with Gasteiger partial charge in [-0.25, -0.2) is 0 Å². The Bertz CT molecular complexity index is 1600. The van der Waals surface area contributed by atoms with Gasteiger partial charge in [-0.3, -0.25) is 14.5 Å². The summed E-state index contributed by atoms with van der Waals surface area (Å²) < 4.78 is 11.9. The summed E-state index contributed by atoms with van der Waals surface area (Å²) in [6, 6.07) is 23.5. The fourth-order valence-corrected chi connectivity index (χ4v) is 6.23. The lowest BCUT2D eigenvalue weighted by atomic mass is 9.95. The van der Waals surface area contributed by atoms with E-state index < -0.39 is 23.5 Å².